The van der Waals surface area contributed by atoms with Crippen LogP contribution in [-0.4, -0.2) is 0 Å². The molecule has 0 atom stereocenters. The van der Waals surface area contributed by atoms with Gasteiger partial charge in [0.25, 0.3) is 0 Å². The summed E-state index contributed by atoms with van der Waals surface area (Å²) in [7, 11) is 0. The van der Waals surface area contributed by atoms with Crippen molar-refractivity contribution < 1.29 is 0 Å². The minimum atomic E-state index is 0.745. The summed E-state index contributed by atoms with van der Waals surface area (Å²) in [6, 6.07) is 0. The maximum atomic E-state index is 2.43. The van der Waals surface area contributed by atoms with Crippen molar-refractivity contribution in [3.8, 4) is 0 Å². The Kier molecular flexibility index (Phi) is 17.3. The van der Waals surface area contributed by atoms with Gasteiger partial charge in [0.05, 0.1) is 0 Å². The van der Waals surface area contributed by atoms with E-state index in [2.05, 4.69) is 97.9 Å². The van der Waals surface area contributed by atoms with Gasteiger partial charge in [-0.15, -0.1) is 0 Å². The van der Waals surface area contributed by atoms with Crippen LogP contribution in [0.1, 0.15) is 113 Å². The molecule has 0 saturated carbocycles. The van der Waals surface area contributed by atoms with Crippen molar-refractivity contribution in [1.29, 1.82) is 0 Å². The van der Waals surface area contributed by atoms with E-state index in [9.17, 15) is 0 Å². The summed E-state index contributed by atoms with van der Waals surface area (Å²) >= 11 is 0. The van der Waals surface area contributed by atoms with Gasteiger partial charge in [0.2, 0.25) is 0 Å². The summed E-state index contributed by atoms with van der Waals surface area (Å²) in [5.74, 6) is 0.745. The number of rotatable bonds is 15. The van der Waals surface area contributed by atoms with Crippen LogP contribution in [0.2, 0.25) is 0 Å². The van der Waals surface area contributed by atoms with E-state index >= 15 is 0 Å². The normalized spacial score (nSPS) is 14.2. The fraction of sp³-hybridized carbons (Fsp3) is 0.600. The Morgan fingerprint density at radius 2 is 1.00 bits per heavy atom. The first kappa shape index (κ1) is 28.4. The highest BCUT2D eigenvalue weighted by Crippen LogP contribution is 2.14. The molecule has 0 heterocycles. The van der Waals surface area contributed by atoms with Crippen molar-refractivity contribution in [3.63, 3.8) is 0 Å². The van der Waals surface area contributed by atoms with Crippen molar-refractivity contribution >= 4 is 0 Å². The molecule has 0 aliphatic rings. The second-order valence-electron chi connectivity index (χ2n) is 9.61. The van der Waals surface area contributed by atoms with E-state index in [1.54, 1.807) is 0 Å². The van der Waals surface area contributed by atoms with Crippen molar-refractivity contribution in [3.05, 3.63) is 70.4 Å². The topological polar surface area (TPSA) is 0 Å². The zero-order valence-corrected chi connectivity index (χ0v) is 21.5. The maximum absolute atomic E-state index is 2.43. The lowest BCUT2D eigenvalue weighted by atomic mass is 10.0. The smallest absolute Gasteiger partial charge is 0.0288 e. The van der Waals surface area contributed by atoms with Crippen LogP contribution in [0.4, 0.5) is 0 Å². The molecule has 0 radical (unpaired) electrons. The Morgan fingerprint density at radius 3 is 1.47 bits per heavy atom. The molecule has 0 aromatic carbocycles. The van der Waals surface area contributed by atoms with E-state index in [1.807, 2.05) is 0 Å². The second kappa shape index (κ2) is 18.2. The lowest BCUT2D eigenvalue weighted by Gasteiger charge is -2.02. The van der Waals surface area contributed by atoms with Crippen LogP contribution in [-0.2, 0) is 0 Å². The molecule has 30 heavy (non-hydrogen) atoms. The van der Waals surface area contributed by atoms with Gasteiger partial charge in [0.15, 0.2) is 0 Å². The molecule has 0 aromatic heterocycles. The van der Waals surface area contributed by atoms with Gasteiger partial charge in [-0.2, -0.15) is 0 Å². The molecule has 0 unspecified atom stereocenters. The van der Waals surface area contributed by atoms with Crippen LogP contribution in [0.15, 0.2) is 70.4 Å². The Bertz CT molecular complexity index is 625. The Hall–Kier alpha value is -1.56. The summed E-state index contributed by atoms with van der Waals surface area (Å²) in [4.78, 5) is 0. The van der Waals surface area contributed by atoms with Crippen LogP contribution >= 0.6 is 0 Å². The molecule has 0 spiro atoms. The first-order chi connectivity index (χ1) is 14.2. The molecule has 0 saturated heterocycles. The molecule has 0 nitrogen and oxygen atoms in total. The maximum Gasteiger partial charge on any atom is -0.0288 e. The minimum Gasteiger partial charge on any atom is -0.0856 e. The average molecular weight is 411 g/mol. The van der Waals surface area contributed by atoms with E-state index in [-0.39, 0.29) is 0 Å². The van der Waals surface area contributed by atoms with Crippen LogP contribution in [0, 0.1) is 5.92 Å². The molecular weight excluding hydrogens is 360 g/mol. The van der Waals surface area contributed by atoms with Gasteiger partial charge in [-0.25, -0.2) is 0 Å². The van der Waals surface area contributed by atoms with Crippen LogP contribution < -0.4 is 0 Å². The summed E-state index contributed by atoms with van der Waals surface area (Å²) in [5.41, 5.74) is 7.39. The van der Waals surface area contributed by atoms with E-state index in [4.69, 9.17) is 0 Å². The van der Waals surface area contributed by atoms with E-state index in [0.717, 1.165) is 18.8 Å². The third kappa shape index (κ3) is 19.7. The Morgan fingerprint density at radius 1 is 0.567 bits per heavy atom. The molecule has 0 N–H and O–H groups in total. The monoisotopic (exact) mass is 410 g/mol. The van der Waals surface area contributed by atoms with Gasteiger partial charge in [-0.1, -0.05) is 84.2 Å². The highest BCUT2D eigenvalue weighted by atomic mass is 14.0. The predicted octanol–water partition coefficient (Wildman–Crippen LogP) is 10.5. The zero-order valence-electron chi connectivity index (χ0n) is 21.5. The minimum absolute atomic E-state index is 0.745. The molecule has 170 valence electrons. The Labute approximate surface area is 189 Å². The van der Waals surface area contributed by atoms with Gasteiger partial charge in [0, 0.05) is 0 Å². The van der Waals surface area contributed by atoms with Crippen LogP contribution in [0.3, 0.4) is 0 Å². The largest absolute Gasteiger partial charge is 0.0856 e. The third-order valence-corrected chi connectivity index (χ3v) is 5.27. The number of allylic oxidation sites excluding steroid dienone is 12. The summed E-state index contributed by atoms with van der Waals surface area (Å²) in [5, 5.41) is 0. The molecule has 0 fully saturated rings. The fourth-order valence-corrected chi connectivity index (χ4v) is 3.22. The average Bonchev–Trinajstić information content (AvgIpc) is 2.64. The summed E-state index contributed by atoms with van der Waals surface area (Å²) in [6.07, 6.45) is 27.1. The van der Waals surface area contributed by atoms with E-state index in [0.29, 0.717) is 0 Å². The highest BCUT2D eigenvalue weighted by molar-refractivity contribution is 5.16. The lowest BCUT2D eigenvalue weighted by Crippen LogP contribution is -1.82. The van der Waals surface area contributed by atoms with Gasteiger partial charge < -0.3 is 0 Å². The molecule has 0 rings (SSSR count). The molecule has 0 aromatic rings. The van der Waals surface area contributed by atoms with Gasteiger partial charge in [0.1, 0.15) is 0 Å². The summed E-state index contributed by atoms with van der Waals surface area (Å²) in [6.45, 7) is 17.9. The standard InChI is InChI=1S/C30H50/c1-25(2)15-11-19-29(7)23-13-21-27(5)17-9-10-18-28(6)22-14-24-30(8)20-12-16-26(3)4/h11,16-19,23-25H,9-10,12-15,20-22H2,1-8H3. The molecule has 0 aliphatic heterocycles. The Balaban J connectivity index is 4.08. The van der Waals surface area contributed by atoms with E-state index in [1.165, 1.54) is 72.8 Å². The molecule has 0 heteroatoms. The fourth-order valence-electron chi connectivity index (χ4n) is 3.22. The predicted molar refractivity (Wildman–Crippen MR) is 140 cm³/mol. The van der Waals surface area contributed by atoms with Crippen molar-refractivity contribution in [2.75, 3.05) is 0 Å². The molecule has 0 aliphatic carbocycles. The van der Waals surface area contributed by atoms with Gasteiger partial charge >= 0.3 is 0 Å². The van der Waals surface area contributed by atoms with Crippen LogP contribution in [0.25, 0.3) is 0 Å². The van der Waals surface area contributed by atoms with Gasteiger partial charge in [-0.3, -0.25) is 0 Å². The first-order valence-corrected chi connectivity index (χ1v) is 12.1. The lowest BCUT2D eigenvalue weighted by molar-refractivity contribution is 0.663. The van der Waals surface area contributed by atoms with Crippen molar-refractivity contribution in [1.82, 2.24) is 0 Å². The number of hydrogen-bond acceptors (Lipinski definition) is 0. The molecular formula is C30H50. The number of unbranched alkanes of at least 4 members (excludes halogenated alkanes) is 1. The SMILES string of the molecule is CC(C)=CCCC(C)=CCCC(C)=CCCC=C(C)CCC=C(C)C=CCC(C)C. The summed E-state index contributed by atoms with van der Waals surface area (Å²) < 4.78 is 0. The van der Waals surface area contributed by atoms with Crippen molar-refractivity contribution in [2.24, 2.45) is 5.92 Å². The van der Waals surface area contributed by atoms with Gasteiger partial charge in [-0.05, 0) is 105 Å². The quantitative estimate of drug-likeness (QED) is 0.143. The zero-order chi connectivity index (χ0) is 22.8. The number of hydrogen-bond donors (Lipinski definition) is 0. The van der Waals surface area contributed by atoms with E-state index < -0.39 is 0 Å². The third-order valence-electron chi connectivity index (χ3n) is 5.27. The van der Waals surface area contributed by atoms with Crippen molar-refractivity contribution in [2.45, 2.75) is 113 Å². The molecule has 0 amide bonds. The molecule has 0 bridgehead atoms. The van der Waals surface area contributed by atoms with Crippen LogP contribution in [0.5, 0.6) is 0 Å². The first-order valence-electron chi connectivity index (χ1n) is 12.1. The second-order valence-corrected chi connectivity index (χ2v) is 9.61. The highest BCUT2D eigenvalue weighted by Gasteiger charge is 1.93.